The maximum atomic E-state index is 9.02. The summed E-state index contributed by atoms with van der Waals surface area (Å²) < 4.78 is 5.66. The number of ether oxygens (including phenoxy) is 1. The van der Waals surface area contributed by atoms with Gasteiger partial charge in [0.1, 0.15) is 5.75 Å². The lowest BCUT2D eigenvalue weighted by molar-refractivity contribution is 0.181. The van der Waals surface area contributed by atoms with Crippen molar-refractivity contribution in [3.63, 3.8) is 0 Å². The van der Waals surface area contributed by atoms with Gasteiger partial charge in [-0.15, -0.1) is 0 Å². The van der Waals surface area contributed by atoms with Crippen LogP contribution < -0.4 is 10.5 Å². The van der Waals surface area contributed by atoms with Crippen LogP contribution in [0.5, 0.6) is 5.75 Å². The summed E-state index contributed by atoms with van der Waals surface area (Å²) in [5, 5.41) is 9.02. The molecule has 0 radical (unpaired) electrons. The number of unbranched alkanes of at least 4 members (excludes halogenated alkanes) is 1. The molecule has 19 heavy (non-hydrogen) atoms. The van der Waals surface area contributed by atoms with E-state index >= 15 is 0 Å². The number of anilines is 1. The summed E-state index contributed by atoms with van der Waals surface area (Å²) >= 11 is 0. The van der Waals surface area contributed by atoms with Gasteiger partial charge in [-0.3, -0.25) is 0 Å². The highest BCUT2D eigenvalue weighted by molar-refractivity contribution is 5.51. The molecule has 108 valence electrons. The summed E-state index contributed by atoms with van der Waals surface area (Å²) in [5.41, 5.74) is 6.49. The van der Waals surface area contributed by atoms with Crippen LogP contribution in [0, 0.1) is 0 Å². The zero-order valence-corrected chi connectivity index (χ0v) is 11.8. The van der Waals surface area contributed by atoms with Crippen LogP contribution in [-0.2, 0) is 0 Å². The van der Waals surface area contributed by atoms with Gasteiger partial charge in [-0.05, 0) is 31.5 Å². The minimum Gasteiger partial charge on any atom is -0.491 e. The molecule has 0 aliphatic carbocycles. The van der Waals surface area contributed by atoms with E-state index in [2.05, 4.69) is 11.8 Å². The van der Waals surface area contributed by atoms with Gasteiger partial charge in [-0.2, -0.15) is 0 Å². The van der Waals surface area contributed by atoms with Crippen LogP contribution in [-0.4, -0.2) is 42.9 Å². The molecule has 0 bridgehead atoms. The molecule has 1 rings (SSSR count). The number of para-hydroxylation sites is 2. The number of aliphatic hydroxyl groups excluding tert-OH is 1. The molecule has 0 fully saturated rings. The van der Waals surface area contributed by atoms with Crippen molar-refractivity contribution in [2.24, 2.45) is 0 Å². The standard InChI is InChI=1S/C15H26N2O2/c1-2-3-9-17(11-12-18)10-6-13-19-15-8-5-4-7-14(15)16/h4-5,7-8,18H,2-3,6,9-13,16H2,1H3. The van der Waals surface area contributed by atoms with Crippen molar-refractivity contribution >= 4 is 5.69 Å². The predicted octanol–water partition coefficient (Wildman–Crippen LogP) is 2.13. The Bertz CT molecular complexity index is 345. The van der Waals surface area contributed by atoms with Crippen molar-refractivity contribution in [1.82, 2.24) is 4.90 Å². The van der Waals surface area contributed by atoms with Crippen LogP contribution in [0.3, 0.4) is 0 Å². The maximum Gasteiger partial charge on any atom is 0.142 e. The lowest BCUT2D eigenvalue weighted by Crippen LogP contribution is -2.30. The topological polar surface area (TPSA) is 58.7 Å². The normalized spacial score (nSPS) is 10.9. The number of nitrogens with two attached hydrogens (primary N) is 1. The predicted molar refractivity (Wildman–Crippen MR) is 79.4 cm³/mol. The van der Waals surface area contributed by atoms with Gasteiger partial charge >= 0.3 is 0 Å². The van der Waals surface area contributed by atoms with Crippen molar-refractivity contribution in [3.05, 3.63) is 24.3 Å². The zero-order chi connectivity index (χ0) is 13.9. The summed E-state index contributed by atoms with van der Waals surface area (Å²) in [6, 6.07) is 7.55. The summed E-state index contributed by atoms with van der Waals surface area (Å²) in [4.78, 5) is 2.28. The van der Waals surface area contributed by atoms with Crippen molar-refractivity contribution in [1.29, 1.82) is 0 Å². The number of aliphatic hydroxyl groups is 1. The lowest BCUT2D eigenvalue weighted by atomic mass is 10.3. The Kier molecular flexibility index (Phi) is 8.02. The quantitative estimate of drug-likeness (QED) is 0.503. The largest absolute Gasteiger partial charge is 0.491 e. The molecule has 1 aromatic carbocycles. The summed E-state index contributed by atoms with van der Waals surface area (Å²) in [5.74, 6) is 0.754. The summed E-state index contributed by atoms with van der Waals surface area (Å²) in [7, 11) is 0. The fourth-order valence-corrected chi connectivity index (χ4v) is 1.94. The van der Waals surface area contributed by atoms with Gasteiger partial charge in [0, 0.05) is 13.1 Å². The van der Waals surface area contributed by atoms with E-state index in [1.807, 2.05) is 24.3 Å². The molecule has 1 aromatic rings. The smallest absolute Gasteiger partial charge is 0.142 e. The highest BCUT2D eigenvalue weighted by Gasteiger charge is 2.04. The van der Waals surface area contributed by atoms with E-state index in [1.165, 1.54) is 12.8 Å². The minimum absolute atomic E-state index is 0.218. The van der Waals surface area contributed by atoms with Gasteiger partial charge < -0.3 is 20.5 Å². The fraction of sp³-hybridized carbons (Fsp3) is 0.600. The molecule has 4 nitrogen and oxygen atoms in total. The van der Waals surface area contributed by atoms with E-state index in [4.69, 9.17) is 15.6 Å². The third kappa shape index (κ3) is 6.45. The van der Waals surface area contributed by atoms with Crippen LogP contribution in [0.2, 0.25) is 0 Å². The first-order chi connectivity index (χ1) is 9.27. The van der Waals surface area contributed by atoms with Crippen molar-refractivity contribution in [3.8, 4) is 5.75 Å². The Hall–Kier alpha value is -1.26. The first-order valence-electron chi connectivity index (χ1n) is 7.08. The molecule has 0 spiro atoms. The Morgan fingerprint density at radius 3 is 2.58 bits per heavy atom. The Labute approximate surface area is 116 Å². The SMILES string of the molecule is CCCCN(CCO)CCCOc1ccccc1N. The molecule has 0 heterocycles. The lowest BCUT2D eigenvalue weighted by Gasteiger charge is -2.21. The number of nitrogen functional groups attached to an aromatic ring is 1. The Morgan fingerprint density at radius 1 is 1.16 bits per heavy atom. The van der Waals surface area contributed by atoms with Gasteiger partial charge in [-0.1, -0.05) is 25.5 Å². The van der Waals surface area contributed by atoms with E-state index in [1.54, 1.807) is 0 Å². The molecule has 0 saturated heterocycles. The highest BCUT2D eigenvalue weighted by Crippen LogP contribution is 2.19. The molecule has 0 aliphatic heterocycles. The molecule has 0 amide bonds. The first-order valence-corrected chi connectivity index (χ1v) is 7.08. The zero-order valence-electron chi connectivity index (χ0n) is 11.8. The Morgan fingerprint density at radius 2 is 1.89 bits per heavy atom. The summed E-state index contributed by atoms with van der Waals surface area (Å²) in [6.45, 7) is 5.79. The molecule has 4 heteroatoms. The van der Waals surface area contributed by atoms with Crippen LogP contribution in [0.25, 0.3) is 0 Å². The average molecular weight is 266 g/mol. The molecular formula is C15H26N2O2. The van der Waals surface area contributed by atoms with E-state index in [-0.39, 0.29) is 6.61 Å². The molecular weight excluding hydrogens is 240 g/mol. The summed E-state index contributed by atoms with van der Waals surface area (Å²) in [6.07, 6.45) is 3.30. The average Bonchev–Trinajstić information content (AvgIpc) is 2.42. The van der Waals surface area contributed by atoms with Crippen LogP contribution in [0.1, 0.15) is 26.2 Å². The molecule has 0 aromatic heterocycles. The molecule has 0 atom stereocenters. The minimum atomic E-state index is 0.218. The second-order valence-corrected chi connectivity index (χ2v) is 4.66. The number of rotatable bonds is 10. The van der Waals surface area contributed by atoms with Crippen LogP contribution >= 0.6 is 0 Å². The third-order valence-electron chi connectivity index (χ3n) is 3.04. The van der Waals surface area contributed by atoms with Crippen LogP contribution in [0.4, 0.5) is 5.69 Å². The van der Waals surface area contributed by atoms with Crippen LogP contribution in [0.15, 0.2) is 24.3 Å². The molecule has 3 N–H and O–H groups in total. The van der Waals surface area contributed by atoms with E-state index < -0.39 is 0 Å². The molecule has 0 unspecified atom stereocenters. The fourth-order valence-electron chi connectivity index (χ4n) is 1.94. The maximum absolute atomic E-state index is 9.02. The van der Waals surface area contributed by atoms with Gasteiger partial charge in [0.15, 0.2) is 0 Å². The van der Waals surface area contributed by atoms with Crippen molar-refractivity contribution in [2.75, 3.05) is 38.6 Å². The number of benzene rings is 1. The van der Waals surface area contributed by atoms with Gasteiger partial charge in [0.05, 0.1) is 18.9 Å². The van der Waals surface area contributed by atoms with Gasteiger partial charge in [0.2, 0.25) is 0 Å². The third-order valence-corrected chi connectivity index (χ3v) is 3.04. The molecule has 0 saturated carbocycles. The number of nitrogens with zero attached hydrogens (tertiary/aromatic N) is 1. The van der Waals surface area contributed by atoms with Crippen molar-refractivity contribution in [2.45, 2.75) is 26.2 Å². The second kappa shape index (κ2) is 9.64. The molecule has 0 aliphatic rings. The Balaban J connectivity index is 2.22. The first kappa shape index (κ1) is 15.8. The number of hydrogen-bond acceptors (Lipinski definition) is 4. The van der Waals surface area contributed by atoms with E-state index in [0.717, 1.165) is 31.8 Å². The van der Waals surface area contributed by atoms with E-state index in [9.17, 15) is 0 Å². The number of hydrogen-bond donors (Lipinski definition) is 2. The van der Waals surface area contributed by atoms with Crippen molar-refractivity contribution < 1.29 is 9.84 Å². The van der Waals surface area contributed by atoms with E-state index in [0.29, 0.717) is 12.3 Å². The van der Waals surface area contributed by atoms with Gasteiger partial charge in [0.25, 0.3) is 0 Å². The van der Waals surface area contributed by atoms with Gasteiger partial charge in [-0.25, -0.2) is 0 Å². The monoisotopic (exact) mass is 266 g/mol. The second-order valence-electron chi connectivity index (χ2n) is 4.66. The highest BCUT2D eigenvalue weighted by atomic mass is 16.5.